The summed E-state index contributed by atoms with van der Waals surface area (Å²) in [6, 6.07) is 17.1. The second kappa shape index (κ2) is 11.1. The fourth-order valence-corrected chi connectivity index (χ4v) is 3.18. The SMILES string of the molecule is CCNC(=O)C(CC)N(Cc1ccc(OC)cc1)C(=O)CCc1ccccc1. The molecule has 2 aromatic rings. The van der Waals surface area contributed by atoms with Crippen LogP contribution in [0.3, 0.4) is 0 Å². The van der Waals surface area contributed by atoms with Gasteiger partial charge in [0.25, 0.3) is 0 Å². The number of benzene rings is 2. The quantitative estimate of drug-likeness (QED) is 0.683. The fourth-order valence-electron chi connectivity index (χ4n) is 3.18. The zero-order valence-electron chi connectivity index (χ0n) is 17.0. The molecule has 1 atom stereocenters. The molecule has 2 aromatic carbocycles. The van der Waals surface area contributed by atoms with E-state index in [0.29, 0.717) is 32.4 Å². The van der Waals surface area contributed by atoms with E-state index in [1.165, 1.54) is 0 Å². The number of ether oxygens (including phenoxy) is 1. The fraction of sp³-hybridized carbons (Fsp3) is 0.391. The molecule has 2 rings (SSSR count). The summed E-state index contributed by atoms with van der Waals surface area (Å²) in [5.74, 6) is 0.644. The molecule has 0 aliphatic heterocycles. The minimum absolute atomic E-state index is 0.0159. The lowest BCUT2D eigenvalue weighted by molar-refractivity contribution is -0.141. The van der Waals surface area contributed by atoms with E-state index in [0.717, 1.165) is 16.9 Å². The van der Waals surface area contributed by atoms with Crippen LogP contribution in [0.1, 0.15) is 37.8 Å². The Kier molecular flexibility index (Phi) is 8.53. The first kappa shape index (κ1) is 21.5. The molecule has 5 heteroatoms. The molecule has 28 heavy (non-hydrogen) atoms. The Morgan fingerprint density at radius 3 is 2.25 bits per heavy atom. The van der Waals surface area contributed by atoms with E-state index >= 15 is 0 Å². The van der Waals surface area contributed by atoms with Crippen molar-refractivity contribution in [3.63, 3.8) is 0 Å². The smallest absolute Gasteiger partial charge is 0.242 e. The number of aryl methyl sites for hydroxylation is 1. The predicted octanol–water partition coefficient (Wildman–Crippen LogP) is 3.57. The zero-order chi connectivity index (χ0) is 20.4. The van der Waals surface area contributed by atoms with Gasteiger partial charge >= 0.3 is 0 Å². The molecule has 2 amide bonds. The summed E-state index contributed by atoms with van der Waals surface area (Å²) >= 11 is 0. The van der Waals surface area contributed by atoms with Crippen molar-refractivity contribution in [3.8, 4) is 5.75 Å². The maximum atomic E-state index is 13.1. The van der Waals surface area contributed by atoms with Crippen LogP contribution in [0, 0.1) is 0 Å². The van der Waals surface area contributed by atoms with Gasteiger partial charge in [-0.3, -0.25) is 9.59 Å². The maximum Gasteiger partial charge on any atom is 0.242 e. The Bertz CT molecular complexity index is 744. The van der Waals surface area contributed by atoms with Crippen molar-refractivity contribution in [2.45, 2.75) is 45.7 Å². The number of rotatable bonds is 10. The molecule has 0 aliphatic carbocycles. The van der Waals surface area contributed by atoms with Gasteiger partial charge < -0.3 is 15.0 Å². The summed E-state index contributed by atoms with van der Waals surface area (Å²) in [6.45, 7) is 4.76. The molecule has 0 saturated carbocycles. The highest BCUT2D eigenvalue weighted by Crippen LogP contribution is 2.17. The van der Waals surface area contributed by atoms with Crippen LogP contribution >= 0.6 is 0 Å². The van der Waals surface area contributed by atoms with Gasteiger partial charge in [-0.2, -0.15) is 0 Å². The highest BCUT2D eigenvalue weighted by molar-refractivity contribution is 5.87. The Balaban J connectivity index is 2.17. The lowest BCUT2D eigenvalue weighted by Crippen LogP contribution is -2.49. The van der Waals surface area contributed by atoms with Crippen LogP contribution in [0.5, 0.6) is 5.75 Å². The number of carbonyl (C=O) groups is 2. The van der Waals surface area contributed by atoms with Crippen LogP contribution in [-0.2, 0) is 22.6 Å². The maximum absolute atomic E-state index is 13.1. The van der Waals surface area contributed by atoms with Gasteiger partial charge in [0.05, 0.1) is 7.11 Å². The van der Waals surface area contributed by atoms with Gasteiger partial charge in [-0.15, -0.1) is 0 Å². The molecular formula is C23H30N2O3. The van der Waals surface area contributed by atoms with Crippen LogP contribution in [0.25, 0.3) is 0 Å². The number of methoxy groups -OCH3 is 1. The molecule has 1 N–H and O–H groups in total. The van der Waals surface area contributed by atoms with Crippen molar-refractivity contribution in [3.05, 3.63) is 65.7 Å². The van der Waals surface area contributed by atoms with Gasteiger partial charge in [0.15, 0.2) is 0 Å². The average Bonchev–Trinajstić information content (AvgIpc) is 2.73. The van der Waals surface area contributed by atoms with E-state index in [1.807, 2.05) is 68.4 Å². The minimum Gasteiger partial charge on any atom is -0.497 e. The third kappa shape index (κ3) is 6.12. The van der Waals surface area contributed by atoms with Crippen molar-refractivity contribution < 1.29 is 14.3 Å². The van der Waals surface area contributed by atoms with Crippen molar-refractivity contribution in [1.82, 2.24) is 10.2 Å². The molecule has 0 saturated heterocycles. The van der Waals surface area contributed by atoms with Crippen molar-refractivity contribution in [2.24, 2.45) is 0 Å². The molecule has 1 unspecified atom stereocenters. The highest BCUT2D eigenvalue weighted by atomic mass is 16.5. The summed E-state index contributed by atoms with van der Waals surface area (Å²) < 4.78 is 5.20. The number of hydrogen-bond donors (Lipinski definition) is 1. The van der Waals surface area contributed by atoms with Crippen LogP contribution in [0.4, 0.5) is 0 Å². The first-order chi connectivity index (χ1) is 13.6. The average molecular weight is 383 g/mol. The summed E-state index contributed by atoms with van der Waals surface area (Å²) in [7, 11) is 1.62. The Morgan fingerprint density at radius 1 is 1.00 bits per heavy atom. The molecule has 0 heterocycles. The molecular weight excluding hydrogens is 352 g/mol. The van der Waals surface area contributed by atoms with Crippen molar-refractivity contribution in [1.29, 1.82) is 0 Å². The molecule has 5 nitrogen and oxygen atoms in total. The topological polar surface area (TPSA) is 58.6 Å². The number of nitrogens with zero attached hydrogens (tertiary/aromatic N) is 1. The molecule has 0 radical (unpaired) electrons. The molecule has 0 aromatic heterocycles. The van der Waals surface area contributed by atoms with Crippen LogP contribution < -0.4 is 10.1 Å². The van der Waals surface area contributed by atoms with E-state index < -0.39 is 6.04 Å². The minimum atomic E-state index is -0.481. The molecule has 0 fully saturated rings. The Hall–Kier alpha value is -2.82. The normalized spacial score (nSPS) is 11.5. The van der Waals surface area contributed by atoms with Gasteiger partial charge in [-0.05, 0) is 43.0 Å². The zero-order valence-corrected chi connectivity index (χ0v) is 17.0. The third-order valence-electron chi connectivity index (χ3n) is 4.72. The molecule has 150 valence electrons. The van der Waals surface area contributed by atoms with E-state index in [2.05, 4.69) is 5.32 Å². The van der Waals surface area contributed by atoms with Crippen LogP contribution in [0.15, 0.2) is 54.6 Å². The number of carbonyl (C=O) groups excluding carboxylic acids is 2. The van der Waals surface area contributed by atoms with E-state index in [9.17, 15) is 9.59 Å². The van der Waals surface area contributed by atoms with Crippen LogP contribution in [0.2, 0.25) is 0 Å². The summed E-state index contributed by atoms with van der Waals surface area (Å²) in [6.07, 6.45) is 1.60. The molecule has 0 aliphatic rings. The summed E-state index contributed by atoms with van der Waals surface area (Å²) in [5, 5.41) is 2.86. The predicted molar refractivity (Wildman–Crippen MR) is 111 cm³/mol. The number of hydrogen-bond acceptors (Lipinski definition) is 3. The van der Waals surface area contributed by atoms with E-state index in [1.54, 1.807) is 12.0 Å². The number of likely N-dealkylation sites (N-methyl/N-ethyl adjacent to an activating group) is 1. The first-order valence-corrected chi connectivity index (χ1v) is 9.83. The molecule has 0 bridgehead atoms. The largest absolute Gasteiger partial charge is 0.497 e. The monoisotopic (exact) mass is 382 g/mol. The van der Waals surface area contributed by atoms with Crippen molar-refractivity contribution in [2.75, 3.05) is 13.7 Å². The van der Waals surface area contributed by atoms with E-state index in [-0.39, 0.29) is 11.8 Å². The molecule has 0 spiro atoms. The van der Waals surface area contributed by atoms with Gasteiger partial charge in [-0.1, -0.05) is 49.4 Å². The highest BCUT2D eigenvalue weighted by Gasteiger charge is 2.28. The third-order valence-corrected chi connectivity index (χ3v) is 4.72. The second-order valence-electron chi connectivity index (χ2n) is 6.67. The van der Waals surface area contributed by atoms with Gasteiger partial charge in [-0.25, -0.2) is 0 Å². The first-order valence-electron chi connectivity index (χ1n) is 9.83. The van der Waals surface area contributed by atoms with Gasteiger partial charge in [0.1, 0.15) is 11.8 Å². The van der Waals surface area contributed by atoms with Gasteiger partial charge in [0, 0.05) is 19.5 Å². The second-order valence-corrected chi connectivity index (χ2v) is 6.67. The van der Waals surface area contributed by atoms with Crippen molar-refractivity contribution >= 4 is 11.8 Å². The Morgan fingerprint density at radius 2 is 1.68 bits per heavy atom. The Labute approximate surface area is 167 Å². The summed E-state index contributed by atoms with van der Waals surface area (Å²) in [5.41, 5.74) is 2.09. The van der Waals surface area contributed by atoms with Gasteiger partial charge in [0.2, 0.25) is 11.8 Å². The lowest BCUT2D eigenvalue weighted by Gasteiger charge is -2.30. The number of nitrogens with one attached hydrogen (secondary N) is 1. The lowest BCUT2D eigenvalue weighted by atomic mass is 10.1. The standard InChI is InChI=1S/C23H30N2O3/c1-4-21(23(27)24-5-2)25(17-19-11-14-20(28-3)15-12-19)22(26)16-13-18-9-7-6-8-10-18/h6-12,14-15,21H,4-5,13,16-17H2,1-3H3,(H,24,27). The number of amides is 2. The summed E-state index contributed by atoms with van der Waals surface area (Å²) in [4.78, 5) is 27.3. The van der Waals surface area contributed by atoms with Crippen LogP contribution in [-0.4, -0.2) is 36.4 Å². The van der Waals surface area contributed by atoms with E-state index in [4.69, 9.17) is 4.74 Å².